The largest absolute Gasteiger partial charge is 0.324 e. The molecule has 4 nitrogen and oxygen atoms in total. The number of nitrogens with zero attached hydrogens (tertiary/aromatic N) is 3. The minimum atomic E-state index is 0.110. The molecule has 2 bridgehead atoms. The van der Waals surface area contributed by atoms with Gasteiger partial charge in [-0.05, 0) is 47.8 Å². The molecule has 3 fully saturated rings. The second-order valence-corrected chi connectivity index (χ2v) is 9.59. The van der Waals surface area contributed by atoms with E-state index in [1.54, 1.807) is 0 Å². The van der Waals surface area contributed by atoms with E-state index in [-0.39, 0.29) is 6.03 Å². The first-order valence-electron chi connectivity index (χ1n) is 9.84. The molecular formula is C21H30ClN3O. The van der Waals surface area contributed by atoms with Crippen LogP contribution < -0.4 is 4.90 Å². The van der Waals surface area contributed by atoms with Crippen molar-refractivity contribution in [2.75, 3.05) is 44.2 Å². The molecule has 2 atom stereocenters. The highest BCUT2D eigenvalue weighted by Crippen LogP contribution is 2.58. The molecule has 4 rings (SSSR count). The van der Waals surface area contributed by atoms with Crippen molar-refractivity contribution < 1.29 is 4.79 Å². The molecule has 0 N–H and O–H groups in total. The number of halogens is 1. The van der Waals surface area contributed by atoms with Crippen LogP contribution in [0.4, 0.5) is 10.5 Å². The smallest absolute Gasteiger partial charge is 0.321 e. The summed E-state index contributed by atoms with van der Waals surface area (Å²) in [7, 11) is 0. The predicted octanol–water partition coefficient (Wildman–Crippen LogP) is 4.34. The Bertz CT molecular complexity index is 706. The van der Waals surface area contributed by atoms with Crippen LogP contribution in [0.2, 0.25) is 5.02 Å². The number of carbonyl (C=O) groups excluding carboxylic acids is 1. The molecule has 1 aliphatic carbocycles. The molecule has 2 amide bonds. The summed E-state index contributed by atoms with van der Waals surface area (Å²) in [5.41, 5.74) is 1.75. The minimum absolute atomic E-state index is 0.110. The number of hydrogen-bond acceptors (Lipinski definition) is 2. The van der Waals surface area contributed by atoms with Gasteiger partial charge in [0.25, 0.3) is 0 Å². The number of amides is 2. The van der Waals surface area contributed by atoms with Crippen LogP contribution in [0.3, 0.4) is 0 Å². The van der Waals surface area contributed by atoms with Crippen molar-refractivity contribution in [3.63, 3.8) is 0 Å². The lowest BCUT2D eigenvalue weighted by Gasteiger charge is -2.50. The minimum Gasteiger partial charge on any atom is -0.321 e. The van der Waals surface area contributed by atoms with E-state index in [4.69, 9.17) is 11.6 Å². The van der Waals surface area contributed by atoms with Crippen molar-refractivity contribution in [1.82, 2.24) is 9.80 Å². The molecule has 2 saturated heterocycles. The summed E-state index contributed by atoms with van der Waals surface area (Å²) in [4.78, 5) is 19.2. The second kappa shape index (κ2) is 6.42. The van der Waals surface area contributed by atoms with E-state index in [2.05, 4.69) is 25.7 Å². The Morgan fingerprint density at radius 2 is 2.00 bits per heavy atom. The maximum absolute atomic E-state index is 12.8. The maximum Gasteiger partial charge on any atom is 0.324 e. The fourth-order valence-corrected chi connectivity index (χ4v) is 5.43. The van der Waals surface area contributed by atoms with Gasteiger partial charge in [-0.25, -0.2) is 4.79 Å². The van der Waals surface area contributed by atoms with E-state index < -0.39 is 0 Å². The van der Waals surface area contributed by atoms with Crippen LogP contribution in [0.15, 0.2) is 24.3 Å². The molecule has 26 heavy (non-hydrogen) atoms. The third-order valence-corrected chi connectivity index (χ3v) is 7.81. The van der Waals surface area contributed by atoms with Crippen LogP contribution in [0.5, 0.6) is 0 Å². The molecule has 0 spiro atoms. The Morgan fingerprint density at radius 1 is 1.19 bits per heavy atom. The van der Waals surface area contributed by atoms with Gasteiger partial charge >= 0.3 is 6.03 Å². The molecule has 2 heterocycles. The number of piperidine rings is 1. The number of rotatable bonds is 4. The topological polar surface area (TPSA) is 26.8 Å². The zero-order chi connectivity index (χ0) is 18.5. The average Bonchev–Trinajstić information content (AvgIpc) is 2.96. The zero-order valence-corrected chi connectivity index (χ0v) is 16.9. The number of likely N-dealkylation sites (tertiary alicyclic amines) is 1. The summed E-state index contributed by atoms with van der Waals surface area (Å²) < 4.78 is 0. The lowest BCUT2D eigenvalue weighted by molar-refractivity contribution is -0.0188. The molecular weight excluding hydrogens is 346 g/mol. The van der Waals surface area contributed by atoms with Gasteiger partial charge in [-0.15, -0.1) is 0 Å². The number of hydrogen-bond donors (Lipinski definition) is 0. The zero-order valence-electron chi connectivity index (χ0n) is 16.2. The lowest BCUT2D eigenvalue weighted by Crippen LogP contribution is -2.53. The molecule has 0 aromatic heterocycles. The molecule has 0 unspecified atom stereocenters. The Kier molecular flexibility index (Phi) is 4.47. The highest BCUT2D eigenvalue weighted by molar-refractivity contribution is 6.30. The Labute approximate surface area is 162 Å². The molecule has 142 valence electrons. The van der Waals surface area contributed by atoms with E-state index in [0.29, 0.717) is 15.9 Å². The molecule has 1 aromatic carbocycles. The highest BCUT2D eigenvalue weighted by Gasteiger charge is 2.55. The van der Waals surface area contributed by atoms with Gasteiger partial charge in [-0.2, -0.15) is 0 Å². The summed E-state index contributed by atoms with van der Waals surface area (Å²) in [6.45, 7) is 13.1. The number of benzene rings is 1. The average molecular weight is 376 g/mol. The van der Waals surface area contributed by atoms with Gasteiger partial charge < -0.3 is 9.80 Å². The molecule has 0 radical (unpaired) electrons. The third-order valence-electron chi connectivity index (χ3n) is 7.57. The second-order valence-electron chi connectivity index (χ2n) is 9.15. The summed E-state index contributed by atoms with van der Waals surface area (Å²) >= 11 is 6.08. The first-order valence-corrected chi connectivity index (χ1v) is 10.2. The summed E-state index contributed by atoms with van der Waals surface area (Å²) in [6, 6.07) is 7.68. The van der Waals surface area contributed by atoms with Crippen LogP contribution in [0, 0.1) is 16.7 Å². The van der Waals surface area contributed by atoms with Crippen molar-refractivity contribution in [3.05, 3.63) is 29.3 Å². The van der Waals surface area contributed by atoms with Crippen LogP contribution >= 0.6 is 11.6 Å². The van der Waals surface area contributed by atoms with Gasteiger partial charge in [0.15, 0.2) is 0 Å². The lowest BCUT2D eigenvalue weighted by atomic mass is 9.63. The number of anilines is 1. The monoisotopic (exact) mass is 375 g/mol. The quantitative estimate of drug-likeness (QED) is 0.782. The summed E-state index contributed by atoms with van der Waals surface area (Å²) in [5, 5.41) is 0.674. The Balaban J connectivity index is 1.36. The van der Waals surface area contributed by atoms with Crippen molar-refractivity contribution in [3.8, 4) is 0 Å². The van der Waals surface area contributed by atoms with Crippen LogP contribution in [-0.2, 0) is 0 Å². The summed E-state index contributed by atoms with van der Waals surface area (Å²) in [6.07, 6.45) is 2.69. The number of fused-ring (bicyclic) bond motifs is 2. The molecule has 5 heteroatoms. The molecule has 3 aliphatic rings. The van der Waals surface area contributed by atoms with Crippen molar-refractivity contribution in [2.45, 2.75) is 33.6 Å². The van der Waals surface area contributed by atoms with E-state index >= 15 is 0 Å². The van der Waals surface area contributed by atoms with Crippen LogP contribution in [-0.4, -0.2) is 55.1 Å². The summed E-state index contributed by atoms with van der Waals surface area (Å²) in [5.74, 6) is 0.790. The van der Waals surface area contributed by atoms with Gasteiger partial charge in [-0.1, -0.05) is 38.4 Å². The molecule has 2 aliphatic heterocycles. The highest BCUT2D eigenvalue weighted by atomic mass is 35.5. The molecule has 1 saturated carbocycles. The van der Waals surface area contributed by atoms with E-state index in [1.807, 2.05) is 34.1 Å². The fraction of sp³-hybridized carbons (Fsp3) is 0.667. The Morgan fingerprint density at radius 3 is 2.73 bits per heavy atom. The van der Waals surface area contributed by atoms with Crippen LogP contribution in [0.25, 0.3) is 0 Å². The predicted molar refractivity (Wildman–Crippen MR) is 107 cm³/mol. The maximum atomic E-state index is 12.8. The SMILES string of the molecule is CC1(C)[C@H]2CC[C@]1(C)CN(CCN1CCN(c3cccc(Cl)c3)C1=O)C2. The van der Waals surface area contributed by atoms with E-state index in [0.717, 1.165) is 44.3 Å². The van der Waals surface area contributed by atoms with Gasteiger partial charge in [0.2, 0.25) is 0 Å². The van der Waals surface area contributed by atoms with E-state index in [9.17, 15) is 4.79 Å². The number of urea groups is 1. The van der Waals surface area contributed by atoms with Gasteiger partial charge in [0.05, 0.1) is 0 Å². The van der Waals surface area contributed by atoms with Gasteiger partial charge in [0.1, 0.15) is 0 Å². The van der Waals surface area contributed by atoms with Crippen molar-refractivity contribution in [2.24, 2.45) is 16.7 Å². The number of carbonyl (C=O) groups is 1. The standard InChI is InChI=1S/C21H30ClN3O/c1-20(2)16-7-8-21(20,3)15-23(14-16)9-10-24-11-12-25(19(24)26)18-6-4-5-17(22)13-18/h4-6,13,16H,7-12,14-15H2,1-3H3/t16-,21+/m0/s1. The van der Waals surface area contributed by atoms with Gasteiger partial charge in [0, 0.05) is 50.0 Å². The van der Waals surface area contributed by atoms with Gasteiger partial charge in [-0.3, -0.25) is 4.90 Å². The van der Waals surface area contributed by atoms with Crippen LogP contribution in [0.1, 0.15) is 33.6 Å². The fourth-order valence-electron chi connectivity index (χ4n) is 5.25. The first kappa shape index (κ1) is 18.1. The first-order chi connectivity index (χ1) is 12.3. The third kappa shape index (κ3) is 2.91. The molecule has 1 aromatic rings. The normalized spacial score (nSPS) is 31.1. The van der Waals surface area contributed by atoms with E-state index in [1.165, 1.54) is 19.4 Å². The Hall–Kier alpha value is -1.26. The van der Waals surface area contributed by atoms with Crippen molar-refractivity contribution >= 4 is 23.3 Å². The van der Waals surface area contributed by atoms with Crippen molar-refractivity contribution in [1.29, 1.82) is 0 Å².